The minimum Gasteiger partial charge on any atom is -0.481 e. The molecule has 2 rings (SSSR count). The predicted octanol–water partition coefficient (Wildman–Crippen LogP) is 2.23. The summed E-state index contributed by atoms with van der Waals surface area (Å²) in [4.78, 5) is 25.7. The molecular formula is C20H26N2O4. The lowest BCUT2D eigenvalue weighted by atomic mass is 9.97. The van der Waals surface area contributed by atoms with Gasteiger partial charge in [0.1, 0.15) is 12.4 Å². The molecule has 1 aliphatic heterocycles. The summed E-state index contributed by atoms with van der Waals surface area (Å²) in [5, 5.41) is 2.93. The topological polar surface area (TPSA) is 67.9 Å². The van der Waals surface area contributed by atoms with Gasteiger partial charge in [0, 0.05) is 19.6 Å². The van der Waals surface area contributed by atoms with Gasteiger partial charge < -0.3 is 19.7 Å². The summed E-state index contributed by atoms with van der Waals surface area (Å²) in [6, 6.07) is 7.58. The normalized spacial score (nSPS) is 14.4. The van der Waals surface area contributed by atoms with Crippen LogP contribution in [0.3, 0.4) is 0 Å². The summed E-state index contributed by atoms with van der Waals surface area (Å²) in [7, 11) is 0. The summed E-state index contributed by atoms with van der Waals surface area (Å²) >= 11 is 0. The lowest BCUT2D eigenvalue weighted by Crippen LogP contribution is -2.46. The van der Waals surface area contributed by atoms with E-state index < -0.39 is 0 Å². The molecule has 1 N–H and O–H groups in total. The predicted molar refractivity (Wildman–Crippen MR) is 98.8 cm³/mol. The number of nitrogens with zero attached hydrogens (tertiary/aromatic N) is 1. The Morgan fingerprint density at radius 2 is 1.96 bits per heavy atom. The molecule has 1 fully saturated rings. The van der Waals surface area contributed by atoms with Gasteiger partial charge in [0.15, 0.2) is 0 Å². The van der Waals surface area contributed by atoms with Crippen molar-refractivity contribution in [2.75, 3.05) is 32.8 Å². The van der Waals surface area contributed by atoms with Crippen LogP contribution in [0.15, 0.2) is 24.3 Å². The number of ether oxygens (including phenoxy) is 2. The summed E-state index contributed by atoms with van der Waals surface area (Å²) < 4.78 is 10.4. The molecule has 6 nitrogen and oxygen atoms in total. The summed E-state index contributed by atoms with van der Waals surface area (Å²) in [5.74, 6) is 2.92. The number of urea groups is 1. The van der Waals surface area contributed by atoms with Crippen molar-refractivity contribution in [2.45, 2.75) is 26.2 Å². The molecule has 1 heterocycles. The maximum Gasteiger partial charge on any atom is 0.317 e. The highest BCUT2D eigenvalue weighted by atomic mass is 16.5. The van der Waals surface area contributed by atoms with Crippen molar-refractivity contribution in [3.05, 3.63) is 29.8 Å². The van der Waals surface area contributed by atoms with Crippen molar-refractivity contribution in [2.24, 2.45) is 5.92 Å². The van der Waals surface area contributed by atoms with E-state index in [1.165, 1.54) is 0 Å². The highest BCUT2D eigenvalue weighted by Gasteiger charge is 2.27. The number of amides is 2. The molecule has 0 saturated carbocycles. The zero-order chi connectivity index (χ0) is 18.8. The highest BCUT2D eigenvalue weighted by molar-refractivity contribution is 5.76. The van der Waals surface area contributed by atoms with Crippen LogP contribution >= 0.6 is 0 Å². The van der Waals surface area contributed by atoms with Crippen LogP contribution in [0.4, 0.5) is 4.79 Å². The first kappa shape index (κ1) is 19.6. The van der Waals surface area contributed by atoms with E-state index in [1.807, 2.05) is 24.3 Å². The van der Waals surface area contributed by atoms with E-state index >= 15 is 0 Å². The molecule has 0 spiro atoms. The van der Waals surface area contributed by atoms with E-state index in [-0.39, 0.29) is 24.5 Å². The molecule has 140 valence electrons. The molecule has 6 heteroatoms. The zero-order valence-corrected chi connectivity index (χ0v) is 15.2. The van der Waals surface area contributed by atoms with Gasteiger partial charge in [-0.1, -0.05) is 18.1 Å². The monoisotopic (exact) mass is 358 g/mol. The number of benzene rings is 1. The number of likely N-dealkylation sites (tertiary alicyclic amines) is 1. The summed E-state index contributed by atoms with van der Waals surface area (Å²) in [6.45, 7) is 4.17. The minimum atomic E-state index is -0.151. The van der Waals surface area contributed by atoms with Gasteiger partial charge in [-0.25, -0.2) is 4.79 Å². The van der Waals surface area contributed by atoms with Crippen molar-refractivity contribution >= 4 is 12.0 Å². The number of hydrogen-bond acceptors (Lipinski definition) is 4. The van der Waals surface area contributed by atoms with Crippen LogP contribution in [-0.4, -0.2) is 49.7 Å². The summed E-state index contributed by atoms with van der Waals surface area (Å²) in [6.07, 6.45) is 7.21. The Morgan fingerprint density at radius 1 is 1.27 bits per heavy atom. The van der Waals surface area contributed by atoms with Crippen LogP contribution in [0, 0.1) is 18.3 Å². The maximum absolute atomic E-state index is 12.2. The second-order valence-corrected chi connectivity index (χ2v) is 6.13. The van der Waals surface area contributed by atoms with Gasteiger partial charge in [-0.15, -0.1) is 6.42 Å². The first-order valence-electron chi connectivity index (χ1n) is 8.98. The number of terminal acetylenes is 1. The minimum absolute atomic E-state index is 0.0821. The third-order valence-electron chi connectivity index (χ3n) is 4.34. The second-order valence-electron chi connectivity index (χ2n) is 6.13. The maximum atomic E-state index is 12.2. The molecule has 0 aromatic heterocycles. The smallest absolute Gasteiger partial charge is 0.317 e. The number of carbonyl (C=O) groups excluding carboxylic acids is 2. The molecule has 1 saturated heterocycles. The van der Waals surface area contributed by atoms with E-state index in [0.717, 1.165) is 17.7 Å². The average molecular weight is 358 g/mol. The van der Waals surface area contributed by atoms with Crippen molar-refractivity contribution in [3.8, 4) is 18.1 Å². The average Bonchev–Trinajstić information content (AvgIpc) is 2.67. The van der Waals surface area contributed by atoms with Crippen molar-refractivity contribution in [3.63, 3.8) is 0 Å². The van der Waals surface area contributed by atoms with Gasteiger partial charge in [0.05, 0.1) is 12.5 Å². The molecule has 0 radical (unpaired) electrons. The Balaban J connectivity index is 1.68. The fourth-order valence-electron chi connectivity index (χ4n) is 2.88. The third kappa shape index (κ3) is 5.99. The van der Waals surface area contributed by atoms with E-state index in [9.17, 15) is 9.59 Å². The van der Waals surface area contributed by atoms with E-state index in [4.69, 9.17) is 15.9 Å². The van der Waals surface area contributed by atoms with Gasteiger partial charge >= 0.3 is 12.0 Å². The van der Waals surface area contributed by atoms with Gasteiger partial charge in [-0.2, -0.15) is 0 Å². The van der Waals surface area contributed by atoms with E-state index in [0.29, 0.717) is 39.1 Å². The Morgan fingerprint density at radius 3 is 2.58 bits per heavy atom. The molecular weight excluding hydrogens is 332 g/mol. The molecule has 26 heavy (non-hydrogen) atoms. The molecule has 0 bridgehead atoms. The number of rotatable bonds is 7. The lowest BCUT2D eigenvalue weighted by Gasteiger charge is -2.30. The van der Waals surface area contributed by atoms with Crippen molar-refractivity contribution < 1.29 is 19.1 Å². The number of nitrogens with one attached hydrogen (secondary N) is 1. The SMILES string of the molecule is C#CCOc1ccc(CCNC(=O)N2CCC(C(=O)OCC)CC2)cc1. The number of carbonyl (C=O) groups is 2. The van der Waals surface area contributed by atoms with Crippen LogP contribution in [0.25, 0.3) is 0 Å². The fraction of sp³-hybridized carbons (Fsp3) is 0.500. The van der Waals surface area contributed by atoms with Crippen LogP contribution in [0.1, 0.15) is 25.3 Å². The van der Waals surface area contributed by atoms with E-state index in [1.54, 1.807) is 11.8 Å². The van der Waals surface area contributed by atoms with E-state index in [2.05, 4.69) is 11.2 Å². The first-order valence-corrected chi connectivity index (χ1v) is 8.98. The Bertz CT molecular complexity index is 628. The standard InChI is InChI=1S/C20H26N2O4/c1-3-15-26-18-7-5-16(6-8-18)9-12-21-20(24)22-13-10-17(11-14-22)19(23)25-4-2/h1,5-8,17H,4,9-15H2,2H3,(H,21,24). The van der Waals surface area contributed by atoms with Gasteiger partial charge in [0.2, 0.25) is 0 Å². The molecule has 0 unspecified atom stereocenters. The molecule has 2 amide bonds. The van der Waals surface area contributed by atoms with Gasteiger partial charge in [-0.05, 0) is 43.9 Å². The number of esters is 1. The third-order valence-corrected chi connectivity index (χ3v) is 4.34. The Hall–Kier alpha value is -2.68. The quantitative estimate of drug-likeness (QED) is 0.599. The largest absolute Gasteiger partial charge is 0.481 e. The number of hydrogen-bond donors (Lipinski definition) is 1. The van der Waals surface area contributed by atoms with Crippen molar-refractivity contribution in [1.82, 2.24) is 10.2 Å². The zero-order valence-electron chi connectivity index (χ0n) is 15.2. The van der Waals surface area contributed by atoms with Crippen LogP contribution in [0.2, 0.25) is 0 Å². The van der Waals surface area contributed by atoms with Crippen LogP contribution in [-0.2, 0) is 16.0 Å². The van der Waals surface area contributed by atoms with Crippen molar-refractivity contribution in [1.29, 1.82) is 0 Å². The van der Waals surface area contributed by atoms with Gasteiger partial charge in [0.25, 0.3) is 0 Å². The Labute approximate surface area is 154 Å². The second kappa shape index (κ2) is 10.3. The lowest BCUT2D eigenvalue weighted by molar-refractivity contribution is -0.149. The molecule has 1 aromatic carbocycles. The molecule has 1 aromatic rings. The Kier molecular flexibility index (Phi) is 7.81. The van der Waals surface area contributed by atoms with Crippen LogP contribution in [0.5, 0.6) is 5.75 Å². The number of piperidine rings is 1. The van der Waals surface area contributed by atoms with Gasteiger partial charge in [-0.3, -0.25) is 4.79 Å². The molecule has 1 aliphatic rings. The highest BCUT2D eigenvalue weighted by Crippen LogP contribution is 2.18. The molecule has 0 aliphatic carbocycles. The van der Waals surface area contributed by atoms with Crippen LogP contribution < -0.4 is 10.1 Å². The fourth-order valence-corrected chi connectivity index (χ4v) is 2.88. The summed E-state index contributed by atoms with van der Waals surface area (Å²) in [5.41, 5.74) is 1.11. The molecule has 0 atom stereocenters. The first-order chi connectivity index (χ1) is 12.6.